The Morgan fingerprint density at radius 1 is 0.938 bits per heavy atom. The van der Waals surface area contributed by atoms with Crippen molar-refractivity contribution in [2.24, 2.45) is 0 Å². The van der Waals surface area contributed by atoms with Gasteiger partial charge in [0.15, 0.2) is 0 Å². The summed E-state index contributed by atoms with van der Waals surface area (Å²) in [5, 5.41) is 0. The summed E-state index contributed by atoms with van der Waals surface area (Å²) in [6.07, 6.45) is 3.75. The van der Waals surface area contributed by atoms with Crippen molar-refractivity contribution in [3.63, 3.8) is 0 Å². The molecule has 0 fully saturated rings. The first-order valence-corrected chi connectivity index (χ1v) is 6.51. The van der Waals surface area contributed by atoms with E-state index in [-0.39, 0.29) is 0 Å². The lowest BCUT2D eigenvalue weighted by atomic mass is 9.63. The van der Waals surface area contributed by atoms with Crippen molar-refractivity contribution >= 4 is 0 Å². The topological polar surface area (TPSA) is 0 Å². The van der Waals surface area contributed by atoms with Gasteiger partial charge >= 0.3 is 0 Å². The van der Waals surface area contributed by atoms with Gasteiger partial charge in [0.05, 0.1) is 0 Å². The van der Waals surface area contributed by atoms with Crippen molar-refractivity contribution in [1.29, 1.82) is 0 Å². The maximum Gasteiger partial charge on any atom is -0.0100 e. The van der Waals surface area contributed by atoms with Crippen molar-refractivity contribution in [2.45, 2.75) is 64.7 Å². The molecule has 0 atom stereocenters. The van der Waals surface area contributed by atoms with Crippen LogP contribution in [-0.4, -0.2) is 0 Å². The number of benzene rings is 1. The molecule has 2 rings (SSSR count). The van der Waals surface area contributed by atoms with Crippen molar-refractivity contribution in [2.75, 3.05) is 0 Å². The van der Waals surface area contributed by atoms with Gasteiger partial charge in [-0.3, -0.25) is 0 Å². The first kappa shape index (κ1) is 11.7. The molecule has 1 aromatic rings. The fraction of sp³-hybridized carbons (Fsp3) is 0.625. The fourth-order valence-electron chi connectivity index (χ4n) is 2.86. The number of aryl methyl sites for hydroxylation is 1. The highest BCUT2D eigenvalue weighted by Crippen LogP contribution is 2.45. The van der Waals surface area contributed by atoms with Crippen molar-refractivity contribution < 1.29 is 0 Å². The predicted molar refractivity (Wildman–Crippen MR) is 71.1 cm³/mol. The van der Waals surface area contributed by atoms with E-state index in [0.29, 0.717) is 10.8 Å². The number of fused-ring (bicyclic) bond motifs is 1. The smallest absolute Gasteiger partial charge is 0.0100 e. The lowest BCUT2D eigenvalue weighted by Gasteiger charge is -2.42. The Balaban J connectivity index is 2.60. The van der Waals surface area contributed by atoms with Gasteiger partial charge in [-0.25, -0.2) is 0 Å². The molecule has 0 unspecified atom stereocenters. The molecule has 0 nitrogen and oxygen atoms in total. The Kier molecular flexibility index (Phi) is 2.64. The zero-order chi connectivity index (χ0) is 12.0. The summed E-state index contributed by atoms with van der Waals surface area (Å²) in [6.45, 7) is 11.8. The van der Waals surface area contributed by atoms with Gasteiger partial charge in [0, 0.05) is 0 Å². The lowest BCUT2D eigenvalue weighted by molar-refractivity contribution is 0.331. The minimum atomic E-state index is 0.357. The van der Waals surface area contributed by atoms with Crippen LogP contribution in [-0.2, 0) is 17.3 Å². The van der Waals surface area contributed by atoms with E-state index in [2.05, 4.69) is 52.8 Å². The molecule has 0 bridgehead atoms. The van der Waals surface area contributed by atoms with Gasteiger partial charge in [0.1, 0.15) is 0 Å². The second-order valence-corrected chi connectivity index (χ2v) is 6.50. The van der Waals surface area contributed by atoms with E-state index >= 15 is 0 Å². The third-order valence-corrected chi connectivity index (χ3v) is 4.33. The molecule has 0 aliphatic heterocycles. The molecule has 16 heavy (non-hydrogen) atoms. The average molecular weight is 216 g/mol. The molecular formula is C16H24. The number of rotatable bonds is 1. The molecule has 0 saturated heterocycles. The first-order valence-electron chi connectivity index (χ1n) is 6.51. The Labute approximate surface area is 100 Å². The quantitative estimate of drug-likeness (QED) is 0.643. The summed E-state index contributed by atoms with van der Waals surface area (Å²) in [5.74, 6) is 0. The normalized spacial score (nSPS) is 21.6. The summed E-state index contributed by atoms with van der Waals surface area (Å²) in [7, 11) is 0. The second-order valence-electron chi connectivity index (χ2n) is 6.50. The molecule has 1 aromatic carbocycles. The summed E-state index contributed by atoms with van der Waals surface area (Å²) >= 11 is 0. The molecule has 0 radical (unpaired) electrons. The van der Waals surface area contributed by atoms with E-state index in [0.717, 1.165) is 6.42 Å². The monoisotopic (exact) mass is 216 g/mol. The van der Waals surface area contributed by atoms with Crippen molar-refractivity contribution in [3.8, 4) is 0 Å². The summed E-state index contributed by atoms with van der Waals surface area (Å²) < 4.78 is 0. The molecular weight excluding hydrogens is 192 g/mol. The SMILES string of the molecule is CCc1ccc2c(c1)C(C)(C)CCC2(C)C. The van der Waals surface area contributed by atoms with E-state index in [9.17, 15) is 0 Å². The third-order valence-electron chi connectivity index (χ3n) is 4.33. The van der Waals surface area contributed by atoms with Gasteiger partial charge in [-0.15, -0.1) is 0 Å². The largest absolute Gasteiger partial charge is 0.0613 e. The fourth-order valence-corrected chi connectivity index (χ4v) is 2.86. The van der Waals surface area contributed by atoms with Gasteiger partial charge in [0.2, 0.25) is 0 Å². The van der Waals surface area contributed by atoms with E-state index in [4.69, 9.17) is 0 Å². The lowest BCUT2D eigenvalue weighted by Crippen LogP contribution is -2.33. The average Bonchev–Trinajstić information content (AvgIpc) is 2.24. The van der Waals surface area contributed by atoms with E-state index in [1.807, 2.05) is 0 Å². The van der Waals surface area contributed by atoms with Crippen molar-refractivity contribution in [1.82, 2.24) is 0 Å². The van der Waals surface area contributed by atoms with Crippen LogP contribution >= 0.6 is 0 Å². The molecule has 88 valence electrons. The maximum atomic E-state index is 2.44. The number of hydrogen-bond donors (Lipinski definition) is 0. The Bertz CT molecular complexity index is 396. The molecule has 0 aromatic heterocycles. The standard InChI is InChI=1S/C16H24/c1-6-12-7-8-13-14(11-12)16(4,5)10-9-15(13,2)3/h7-8,11H,6,9-10H2,1-5H3. The second kappa shape index (κ2) is 3.61. The molecule has 0 amide bonds. The zero-order valence-corrected chi connectivity index (χ0v) is 11.4. The highest BCUT2D eigenvalue weighted by Gasteiger charge is 2.36. The minimum absolute atomic E-state index is 0.357. The summed E-state index contributed by atoms with van der Waals surface area (Å²) in [4.78, 5) is 0. The minimum Gasteiger partial charge on any atom is -0.0613 e. The van der Waals surface area contributed by atoms with Crippen LogP contribution in [0.2, 0.25) is 0 Å². The molecule has 0 spiro atoms. The van der Waals surface area contributed by atoms with E-state index in [1.54, 1.807) is 11.1 Å². The van der Waals surface area contributed by atoms with Gasteiger partial charge < -0.3 is 0 Å². The molecule has 1 aliphatic carbocycles. The molecule has 0 N–H and O–H groups in total. The Hall–Kier alpha value is -0.780. The van der Waals surface area contributed by atoms with Crippen LogP contribution in [0.5, 0.6) is 0 Å². The molecule has 0 heterocycles. The predicted octanol–water partition coefficient (Wildman–Crippen LogP) is 4.60. The highest BCUT2D eigenvalue weighted by molar-refractivity contribution is 5.43. The van der Waals surface area contributed by atoms with Crippen LogP contribution in [0.15, 0.2) is 18.2 Å². The van der Waals surface area contributed by atoms with Crippen LogP contribution in [0.3, 0.4) is 0 Å². The van der Waals surface area contributed by atoms with Crippen LogP contribution in [0, 0.1) is 0 Å². The van der Waals surface area contributed by atoms with Gasteiger partial charge in [-0.2, -0.15) is 0 Å². The molecule has 0 saturated carbocycles. The highest BCUT2D eigenvalue weighted by atomic mass is 14.4. The van der Waals surface area contributed by atoms with Gasteiger partial charge in [-0.05, 0) is 46.8 Å². The molecule has 1 aliphatic rings. The maximum absolute atomic E-state index is 2.44. The van der Waals surface area contributed by atoms with Crippen LogP contribution in [0.1, 0.15) is 64.2 Å². The number of hydrogen-bond acceptors (Lipinski definition) is 0. The Morgan fingerprint density at radius 2 is 1.50 bits per heavy atom. The van der Waals surface area contributed by atoms with Crippen LogP contribution in [0.25, 0.3) is 0 Å². The van der Waals surface area contributed by atoms with E-state index in [1.165, 1.54) is 18.4 Å². The third kappa shape index (κ3) is 1.79. The first-order chi connectivity index (χ1) is 7.37. The van der Waals surface area contributed by atoms with Gasteiger partial charge in [-0.1, -0.05) is 52.8 Å². The summed E-state index contributed by atoms with van der Waals surface area (Å²) in [6, 6.07) is 7.12. The van der Waals surface area contributed by atoms with E-state index < -0.39 is 0 Å². The van der Waals surface area contributed by atoms with Crippen LogP contribution in [0.4, 0.5) is 0 Å². The zero-order valence-electron chi connectivity index (χ0n) is 11.4. The Morgan fingerprint density at radius 3 is 2.06 bits per heavy atom. The van der Waals surface area contributed by atoms with Gasteiger partial charge in [0.25, 0.3) is 0 Å². The molecule has 0 heteroatoms. The summed E-state index contributed by atoms with van der Waals surface area (Å²) in [5.41, 5.74) is 5.35. The van der Waals surface area contributed by atoms with Crippen molar-refractivity contribution in [3.05, 3.63) is 34.9 Å². The van der Waals surface area contributed by atoms with Crippen LogP contribution < -0.4 is 0 Å².